The molecule has 1 heterocycles. The molecule has 1 N–H and O–H groups in total. The topological polar surface area (TPSA) is 12.0 Å². The van der Waals surface area contributed by atoms with Crippen molar-refractivity contribution < 1.29 is 0 Å². The Balaban J connectivity index is 2.21. The minimum absolute atomic E-state index is 0.846. The molecule has 0 radical (unpaired) electrons. The van der Waals surface area contributed by atoms with Crippen LogP contribution < -0.4 is 5.32 Å². The Morgan fingerprint density at radius 3 is 2.88 bits per heavy atom. The first-order valence-corrected chi connectivity index (χ1v) is 6.78. The predicted molar refractivity (Wildman–Crippen MR) is 71.3 cm³/mol. The zero-order chi connectivity index (χ0) is 11.1. The molecule has 0 spiro atoms. The highest BCUT2D eigenvalue weighted by atomic mass is 32.1. The Bertz CT molecular complexity index is 523. The van der Waals surface area contributed by atoms with Crippen molar-refractivity contribution in [2.45, 2.75) is 32.2 Å². The van der Waals surface area contributed by atoms with Crippen LogP contribution in [0.1, 0.15) is 34.8 Å². The average molecular weight is 231 g/mol. The second-order valence-corrected chi connectivity index (χ2v) is 5.88. The first kappa shape index (κ1) is 10.3. The van der Waals surface area contributed by atoms with Gasteiger partial charge in [-0.2, -0.15) is 0 Å². The van der Waals surface area contributed by atoms with Crippen molar-refractivity contribution in [3.63, 3.8) is 0 Å². The van der Waals surface area contributed by atoms with E-state index in [1.165, 1.54) is 28.5 Å². The molecule has 1 aliphatic rings. The summed E-state index contributed by atoms with van der Waals surface area (Å²) in [7, 11) is 2.03. The van der Waals surface area contributed by atoms with Crippen LogP contribution >= 0.6 is 11.3 Å². The van der Waals surface area contributed by atoms with E-state index in [-0.39, 0.29) is 0 Å². The Morgan fingerprint density at radius 1 is 1.38 bits per heavy atom. The van der Waals surface area contributed by atoms with Gasteiger partial charge in [-0.15, -0.1) is 11.3 Å². The summed E-state index contributed by atoms with van der Waals surface area (Å²) in [5, 5.41) is 4.80. The quantitative estimate of drug-likeness (QED) is 0.847. The van der Waals surface area contributed by atoms with Gasteiger partial charge < -0.3 is 5.32 Å². The lowest BCUT2D eigenvalue weighted by molar-refractivity contribution is 0.821. The molecule has 0 saturated heterocycles. The minimum atomic E-state index is 0.846. The summed E-state index contributed by atoms with van der Waals surface area (Å²) in [6.07, 6.45) is 2.77. The molecule has 1 aromatic heterocycles. The molecule has 2 aromatic rings. The molecular weight excluding hydrogens is 214 g/mol. The zero-order valence-corrected chi connectivity index (χ0v) is 10.7. The number of rotatable bonds is 3. The number of hydrogen-bond donors (Lipinski definition) is 1. The van der Waals surface area contributed by atoms with E-state index in [1.54, 1.807) is 10.4 Å². The molecule has 1 aromatic carbocycles. The second-order valence-electron chi connectivity index (χ2n) is 4.74. The molecule has 0 aliphatic heterocycles. The molecule has 1 nitrogen and oxygen atoms in total. The Morgan fingerprint density at radius 2 is 2.19 bits per heavy atom. The Kier molecular flexibility index (Phi) is 2.49. The van der Waals surface area contributed by atoms with E-state index < -0.39 is 0 Å². The maximum atomic E-state index is 3.29. The molecule has 1 aliphatic carbocycles. The van der Waals surface area contributed by atoms with Gasteiger partial charge in [0.2, 0.25) is 0 Å². The van der Waals surface area contributed by atoms with Crippen LogP contribution in [-0.2, 0) is 6.54 Å². The highest BCUT2D eigenvalue weighted by Gasteiger charge is 2.29. The summed E-state index contributed by atoms with van der Waals surface area (Å²) in [6, 6.07) is 6.86. The fraction of sp³-hybridized carbons (Fsp3) is 0.429. The number of nitrogens with one attached hydrogen (secondary N) is 1. The van der Waals surface area contributed by atoms with E-state index in [4.69, 9.17) is 0 Å². The van der Waals surface area contributed by atoms with Crippen molar-refractivity contribution in [2.75, 3.05) is 7.05 Å². The van der Waals surface area contributed by atoms with Crippen molar-refractivity contribution in [3.8, 4) is 0 Å². The summed E-state index contributed by atoms with van der Waals surface area (Å²) in [4.78, 5) is 1.55. The molecule has 0 unspecified atom stereocenters. The van der Waals surface area contributed by atoms with E-state index in [2.05, 4.69) is 30.4 Å². The standard InChI is InChI=1S/C14H17NS/c1-9-3-6-12-11(7-9)14(10-4-5-10)13(16-12)8-15-2/h3,6-7,10,15H,4-5,8H2,1-2H3. The van der Waals surface area contributed by atoms with Gasteiger partial charge in [-0.05, 0) is 49.7 Å². The number of hydrogen-bond acceptors (Lipinski definition) is 2. The molecule has 0 atom stereocenters. The van der Waals surface area contributed by atoms with Crippen LogP contribution in [0.5, 0.6) is 0 Å². The SMILES string of the molecule is CNCc1sc2ccc(C)cc2c1C1CC1. The first-order chi connectivity index (χ1) is 7.79. The van der Waals surface area contributed by atoms with Crippen molar-refractivity contribution in [1.29, 1.82) is 0 Å². The highest BCUT2D eigenvalue weighted by molar-refractivity contribution is 7.19. The Labute approximate surface area is 100 Å². The first-order valence-electron chi connectivity index (χ1n) is 5.96. The van der Waals surface area contributed by atoms with Gasteiger partial charge in [0.25, 0.3) is 0 Å². The number of thiophene rings is 1. The summed E-state index contributed by atoms with van der Waals surface area (Å²) in [6.45, 7) is 3.20. The van der Waals surface area contributed by atoms with E-state index in [9.17, 15) is 0 Å². The van der Waals surface area contributed by atoms with Crippen LogP contribution in [0.2, 0.25) is 0 Å². The normalized spacial score (nSPS) is 15.9. The number of fused-ring (bicyclic) bond motifs is 1. The van der Waals surface area contributed by atoms with Crippen molar-refractivity contribution in [1.82, 2.24) is 5.32 Å². The van der Waals surface area contributed by atoms with Crippen molar-refractivity contribution >= 4 is 21.4 Å². The monoisotopic (exact) mass is 231 g/mol. The molecule has 2 heteroatoms. The lowest BCUT2D eigenvalue weighted by atomic mass is 10.0. The van der Waals surface area contributed by atoms with Gasteiger partial charge in [-0.25, -0.2) is 0 Å². The molecule has 1 saturated carbocycles. The third-order valence-electron chi connectivity index (χ3n) is 3.28. The molecule has 16 heavy (non-hydrogen) atoms. The van der Waals surface area contributed by atoms with Gasteiger partial charge in [-0.3, -0.25) is 0 Å². The van der Waals surface area contributed by atoms with Gasteiger partial charge in [0, 0.05) is 16.1 Å². The van der Waals surface area contributed by atoms with E-state index in [0.29, 0.717) is 0 Å². The smallest absolute Gasteiger partial charge is 0.0349 e. The van der Waals surface area contributed by atoms with E-state index in [1.807, 2.05) is 18.4 Å². The fourth-order valence-electron chi connectivity index (χ4n) is 2.39. The van der Waals surface area contributed by atoms with Crippen LogP contribution in [0.3, 0.4) is 0 Å². The molecule has 84 valence electrons. The lowest BCUT2D eigenvalue weighted by Crippen LogP contribution is -2.04. The summed E-state index contributed by atoms with van der Waals surface area (Å²) in [5.74, 6) is 0.846. The van der Waals surface area contributed by atoms with Crippen LogP contribution in [0.15, 0.2) is 18.2 Å². The largest absolute Gasteiger partial charge is 0.315 e. The molecule has 0 bridgehead atoms. The maximum absolute atomic E-state index is 3.29. The van der Waals surface area contributed by atoms with E-state index >= 15 is 0 Å². The van der Waals surface area contributed by atoms with Crippen LogP contribution in [0.25, 0.3) is 10.1 Å². The van der Waals surface area contributed by atoms with Crippen LogP contribution in [0, 0.1) is 6.92 Å². The van der Waals surface area contributed by atoms with Gasteiger partial charge >= 0.3 is 0 Å². The number of aryl methyl sites for hydroxylation is 1. The van der Waals surface area contributed by atoms with Crippen molar-refractivity contribution in [3.05, 3.63) is 34.2 Å². The van der Waals surface area contributed by atoms with Gasteiger partial charge in [0.15, 0.2) is 0 Å². The fourth-order valence-corrected chi connectivity index (χ4v) is 3.68. The van der Waals surface area contributed by atoms with Gasteiger partial charge in [0.1, 0.15) is 0 Å². The Hall–Kier alpha value is -0.860. The van der Waals surface area contributed by atoms with Crippen LogP contribution in [0.4, 0.5) is 0 Å². The van der Waals surface area contributed by atoms with Gasteiger partial charge in [0.05, 0.1) is 0 Å². The minimum Gasteiger partial charge on any atom is -0.315 e. The summed E-state index contributed by atoms with van der Waals surface area (Å²) < 4.78 is 1.46. The summed E-state index contributed by atoms with van der Waals surface area (Å²) >= 11 is 1.96. The third-order valence-corrected chi connectivity index (χ3v) is 4.47. The van der Waals surface area contributed by atoms with E-state index in [0.717, 1.165) is 12.5 Å². The molecule has 0 amide bonds. The second kappa shape index (κ2) is 3.86. The highest BCUT2D eigenvalue weighted by Crippen LogP contribution is 2.48. The average Bonchev–Trinajstić information content (AvgIpc) is 3.02. The van der Waals surface area contributed by atoms with Gasteiger partial charge in [-0.1, -0.05) is 17.7 Å². The third kappa shape index (κ3) is 1.66. The molecule has 1 fully saturated rings. The predicted octanol–water partition coefficient (Wildman–Crippen LogP) is 3.81. The summed E-state index contributed by atoms with van der Waals surface area (Å²) in [5.41, 5.74) is 3.02. The molecular formula is C14H17NS. The van der Waals surface area contributed by atoms with Crippen LogP contribution in [-0.4, -0.2) is 7.05 Å². The molecule has 3 rings (SSSR count). The lowest BCUT2D eigenvalue weighted by Gasteiger charge is -2.02. The van der Waals surface area contributed by atoms with Crippen molar-refractivity contribution in [2.24, 2.45) is 0 Å². The maximum Gasteiger partial charge on any atom is 0.0349 e. The number of benzene rings is 1. The zero-order valence-electron chi connectivity index (χ0n) is 9.84.